The number of phenolic OH excluding ortho intramolecular Hbond substituents is 1. The quantitative estimate of drug-likeness (QED) is 0.437. The number of carbonyl (C=O) groups excluding carboxylic acids is 1. The highest BCUT2D eigenvalue weighted by Crippen LogP contribution is 2.11. The summed E-state index contributed by atoms with van der Waals surface area (Å²) in [5, 5.41) is 16.7. The third kappa shape index (κ3) is 24.9. The van der Waals surface area contributed by atoms with Gasteiger partial charge in [-0.2, -0.15) is 0 Å². The van der Waals surface area contributed by atoms with Crippen LogP contribution in [0.4, 0.5) is 0 Å². The molecule has 0 unspecified atom stereocenters. The molecule has 0 bridgehead atoms. The van der Waals surface area contributed by atoms with Crippen molar-refractivity contribution in [3.05, 3.63) is 109 Å². The van der Waals surface area contributed by atoms with Gasteiger partial charge in [0.1, 0.15) is 11.5 Å². The van der Waals surface area contributed by atoms with Crippen LogP contribution in [0.3, 0.4) is 0 Å². The molecule has 0 saturated heterocycles. The minimum absolute atomic E-state index is 0.167. The van der Waals surface area contributed by atoms with E-state index in [2.05, 4.69) is 44.7 Å². The molecule has 174 valence electrons. The lowest BCUT2D eigenvalue weighted by atomic mass is 10.0. The lowest BCUT2D eigenvalue weighted by Gasteiger charge is -2.01. The molecule has 0 atom stereocenters. The van der Waals surface area contributed by atoms with E-state index in [1.807, 2.05) is 48.5 Å². The van der Waals surface area contributed by atoms with Crippen LogP contribution in [-0.2, 0) is 4.79 Å². The van der Waals surface area contributed by atoms with Crippen molar-refractivity contribution < 1.29 is 15.0 Å². The van der Waals surface area contributed by atoms with Crippen molar-refractivity contribution in [3.8, 4) is 5.75 Å². The highest BCUT2D eigenvalue weighted by Gasteiger charge is 1.93. The largest absolute Gasteiger partial charge is 0.508 e. The lowest BCUT2D eigenvalue weighted by Crippen LogP contribution is -1.85. The van der Waals surface area contributed by atoms with Gasteiger partial charge in [-0.25, -0.2) is 0 Å². The number of aliphatic hydroxyl groups is 1. The summed E-state index contributed by atoms with van der Waals surface area (Å²) < 4.78 is 0. The van der Waals surface area contributed by atoms with Crippen LogP contribution < -0.4 is 0 Å². The van der Waals surface area contributed by atoms with Crippen LogP contribution >= 0.6 is 0 Å². The standard InChI is InChI=1S/C9H12.C8H8.C6H6O.C3H8O.C3H6O/c1-8(2)9-6-4-3-5-7-9;1-2-8-6-4-3-5-7-8;7-6-4-2-1-3-5-6;2*1-3(2)4/h3-8H,1-2H3;2-7H,1H2;1-5,7H;3-4H,1-2H3;1-2H3. The first-order valence-electron chi connectivity index (χ1n) is 10.7. The number of carbonyl (C=O) groups is 1. The number of Topliss-reactive ketones (excluding diaryl/α,β-unsaturated/α-hetero) is 1. The number of ketones is 1. The van der Waals surface area contributed by atoms with E-state index >= 15 is 0 Å². The summed E-state index contributed by atoms with van der Waals surface area (Å²) in [5.41, 5.74) is 2.59. The summed E-state index contributed by atoms with van der Waals surface area (Å²) in [6.45, 7) is 14.5. The summed E-state index contributed by atoms with van der Waals surface area (Å²) in [5.74, 6) is 1.15. The molecule has 0 radical (unpaired) electrons. The Kier molecular flexibility index (Phi) is 20.4. The van der Waals surface area contributed by atoms with E-state index in [9.17, 15) is 4.79 Å². The molecule has 3 nitrogen and oxygen atoms in total. The first-order chi connectivity index (χ1) is 15.1. The van der Waals surface area contributed by atoms with E-state index < -0.39 is 0 Å². The van der Waals surface area contributed by atoms with E-state index in [1.165, 1.54) is 25.0 Å². The van der Waals surface area contributed by atoms with Gasteiger partial charge in [0.25, 0.3) is 0 Å². The van der Waals surface area contributed by atoms with E-state index in [0.717, 1.165) is 0 Å². The smallest absolute Gasteiger partial charge is 0.126 e. The second-order valence-electron chi connectivity index (χ2n) is 7.52. The van der Waals surface area contributed by atoms with Crippen molar-refractivity contribution in [1.82, 2.24) is 0 Å². The van der Waals surface area contributed by atoms with Gasteiger partial charge in [0.2, 0.25) is 0 Å². The Morgan fingerprint density at radius 1 is 0.750 bits per heavy atom. The van der Waals surface area contributed by atoms with Gasteiger partial charge in [0, 0.05) is 6.10 Å². The number of hydrogen-bond acceptors (Lipinski definition) is 3. The summed E-state index contributed by atoms with van der Waals surface area (Å²) >= 11 is 0. The normalized spacial score (nSPS) is 8.78. The van der Waals surface area contributed by atoms with Gasteiger partial charge in [-0.15, -0.1) is 0 Å². The van der Waals surface area contributed by atoms with E-state index in [4.69, 9.17) is 10.2 Å². The summed E-state index contributed by atoms with van der Waals surface area (Å²) in [6.07, 6.45) is 1.67. The molecule has 32 heavy (non-hydrogen) atoms. The van der Waals surface area contributed by atoms with Crippen molar-refractivity contribution in [2.45, 2.75) is 53.6 Å². The molecule has 0 fully saturated rings. The summed E-state index contributed by atoms with van der Waals surface area (Å²) in [6, 6.07) is 29.3. The molecule has 2 N–H and O–H groups in total. The van der Waals surface area contributed by atoms with Gasteiger partial charge in [0.05, 0.1) is 0 Å². The average molecular weight is 437 g/mol. The zero-order chi connectivity index (χ0) is 24.8. The number of aromatic hydroxyl groups is 1. The van der Waals surface area contributed by atoms with Crippen LogP contribution in [0.2, 0.25) is 0 Å². The molecule has 0 aliphatic carbocycles. The Morgan fingerprint density at radius 3 is 1.25 bits per heavy atom. The number of para-hydroxylation sites is 1. The third-order valence-corrected chi connectivity index (χ3v) is 3.26. The molecule has 0 aromatic heterocycles. The van der Waals surface area contributed by atoms with Crippen LogP contribution in [0.5, 0.6) is 5.75 Å². The molecule has 0 aliphatic rings. The molecular weight excluding hydrogens is 396 g/mol. The number of benzene rings is 3. The maximum absolute atomic E-state index is 9.44. The zero-order valence-corrected chi connectivity index (χ0v) is 20.4. The topological polar surface area (TPSA) is 57.5 Å². The number of hydrogen-bond donors (Lipinski definition) is 2. The maximum Gasteiger partial charge on any atom is 0.126 e. The predicted molar refractivity (Wildman–Crippen MR) is 139 cm³/mol. The first-order valence-corrected chi connectivity index (χ1v) is 10.7. The van der Waals surface area contributed by atoms with Gasteiger partial charge in [-0.3, -0.25) is 0 Å². The number of phenols is 1. The molecule has 0 amide bonds. The maximum atomic E-state index is 9.44. The van der Waals surface area contributed by atoms with E-state index in [0.29, 0.717) is 11.7 Å². The molecule has 0 aliphatic heterocycles. The Hall–Kier alpha value is -3.17. The molecule has 3 heteroatoms. The predicted octanol–water partition coefficient (Wildman–Crippen LogP) is 7.51. The van der Waals surface area contributed by atoms with Crippen molar-refractivity contribution >= 4 is 11.9 Å². The third-order valence-electron chi connectivity index (χ3n) is 3.26. The number of rotatable bonds is 2. The van der Waals surface area contributed by atoms with Crippen LogP contribution in [0.25, 0.3) is 6.08 Å². The van der Waals surface area contributed by atoms with Crippen LogP contribution in [0.15, 0.2) is 97.6 Å². The van der Waals surface area contributed by atoms with Crippen molar-refractivity contribution in [1.29, 1.82) is 0 Å². The van der Waals surface area contributed by atoms with Gasteiger partial charge in [-0.1, -0.05) is 105 Å². The molecule has 3 aromatic carbocycles. The van der Waals surface area contributed by atoms with Gasteiger partial charge in [-0.05, 0) is 56.9 Å². The fraction of sp³-hybridized carbons (Fsp3) is 0.276. The Bertz CT molecular complexity index is 789. The fourth-order valence-corrected chi connectivity index (χ4v) is 1.86. The first kappa shape index (κ1) is 31.0. The lowest BCUT2D eigenvalue weighted by molar-refractivity contribution is -0.114. The molecule has 3 rings (SSSR count). The SMILES string of the molecule is C=Cc1ccccc1.CC(C)=O.CC(C)O.CC(C)c1ccccc1.Oc1ccccc1. The molecule has 0 heterocycles. The second-order valence-corrected chi connectivity index (χ2v) is 7.52. The minimum Gasteiger partial charge on any atom is -0.508 e. The zero-order valence-electron chi connectivity index (χ0n) is 20.4. The molecular formula is C29H40O3. The van der Waals surface area contributed by atoms with Crippen LogP contribution in [0.1, 0.15) is 58.6 Å². The van der Waals surface area contributed by atoms with Gasteiger partial charge >= 0.3 is 0 Å². The molecule has 0 saturated carbocycles. The van der Waals surface area contributed by atoms with E-state index in [-0.39, 0.29) is 11.9 Å². The van der Waals surface area contributed by atoms with Gasteiger partial charge < -0.3 is 15.0 Å². The average Bonchev–Trinajstić information content (AvgIpc) is 2.76. The van der Waals surface area contributed by atoms with Crippen LogP contribution in [-0.4, -0.2) is 22.1 Å². The highest BCUT2D eigenvalue weighted by molar-refractivity contribution is 5.72. The monoisotopic (exact) mass is 436 g/mol. The summed E-state index contributed by atoms with van der Waals surface area (Å²) in [4.78, 5) is 9.44. The minimum atomic E-state index is -0.167. The fourth-order valence-electron chi connectivity index (χ4n) is 1.86. The van der Waals surface area contributed by atoms with Crippen LogP contribution in [0, 0.1) is 0 Å². The number of aliphatic hydroxyl groups excluding tert-OH is 1. The molecule has 3 aromatic rings. The Balaban J connectivity index is 0. The van der Waals surface area contributed by atoms with Gasteiger partial charge in [0.15, 0.2) is 0 Å². The second kappa shape index (κ2) is 21.1. The summed E-state index contributed by atoms with van der Waals surface area (Å²) in [7, 11) is 0. The van der Waals surface area contributed by atoms with E-state index in [1.54, 1.807) is 38.1 Å². The van der Waals surface area contributed by atoms with Crippen molar-refractivity contribution in [2.75, 3.05) is 0 Å². The Morgan fingerprint density at radius 2 is 1.06 bits per heavy atom. The highest BCUT2D eigenvalue weighted by atomic mass is 16.3. The molecule has 0 spiro atoms. The Labute approximate surface area is 195 Å². The van der Waals surface area contributed by atoms with Crippen molar-refractivity contribution in [2.24, 2.45) is 0 Å². The van der Waals surface area contributed by atoms with Crippen molar-refractivity contribution in [3.63, 3.8) is 0 Å².